The predicted molar refractivity (Wildman–Crippen MR) is 308 cm³/mol. The van der Waals surface area contributed by atoms with Crippen molar-refractivity contribution in [1.82, 2.24) is 24.1 Å². The van der Waals surface area contributed by atoms with Crippen molar-refractivity contribution in [3.8, 4) is 56.7 Å². The van der Waals surface area contributed by atoms with E-state index in [9.17, 15) is 0 Å². The normalized spacial score (nSPS) is 13.2. The van der Waals surface area contributed by atoms with Crippen LogP contribution in [0.5, 0.6) is 0 Å². The molecule has 7 heteroatoms. The molecular weight excluding hydrogens is 927 g/mol. The third-order valence-electron chi connectivity index (χ3n) is 15.6. The molecule has 5 heterocycles. The first-order valence-corrected chi connectivity index (χ1v) is 26.5. The van der Waals surface area contributed by atoms with Gasteiger partial charge in [-0.3, -0.25) is 4.57 Å². The molecule has 5 nitrogen and oxygen atoms in total. The highest BCUT2D eigenvalue weighted by Gasteiger charge is 2.36. The van der Waals surface area contributed by atoms with E-state index in [4.69, 9.17) is 15.0 Å². The lowest BCUT2D eigenvalue weighted by molar-refractivity contribution is 0.661. The summed E-state index contributed by atoms with van der Waals surface area (Å²) >= 11 is 3.60. The molecule has 0 saturated heterocycles. The maximum Gasteiger partial charge on any atom is 0.238 e. The number of hydrogen-bond donors (Lipinski definition) is 0. The van der Waals surface area contributed by atoms with Crippen LogP contribution >= 0.6 is 22.7 Å². The van der Waals surface area contributed by atoms with E-state index in [-0.39, 0.29) is 5.41 Å². The SMILES string of the molecule is CC1(C)c2ccccc2-c2cc3c4cc(-c5ccc6c(c5)c5ccccc5n6-c5ccccc5)ccc4n(-c4nc(-c5cccc6c5sc5ccccc56)nc(-c5cccc6c5sc5ccccc56)n4)c3cc21. The average Bonchev–Trinajstić information content (AvgIpc) is 4.26. The Labute approximate surface area is 427 Å². The first kappa shape index (κ1) is 40.9. The maximum absolute atomic E-state index is 5.60. The van der Waals surface area contributed by atoms with Gasteiger partial charge in [0, 0.05) is 84.1 Å². The van der Waals surface area contributed by atoms with Crippen LogP contribution in [-0.4, -0.2) is 24.1 Å². The highest BCUT2D eigenvalue weighted by Crippen LogP contribution is 2.52. The summed E-state index contributed by atoms with van der Waals surface area (Å²) in [5.74, 6) is 1.89. The molecule has 1 aliphatic rings. The second-order valence-electron chi connectivity index (χ2n) is 19.9. The minimum absolute atomic E-state index is 0.218. The number of rotatable bonds is 5. The summed E-state index contributed by atoms with van der Waals surface area (Å²) in [7, 11) is 0. The molecule has 0 unspecified atom stereocenters. The lowest BCUT2D eigenvalue weighted by Gasteiger charge is -2.21. The second-order valence-corrected chi connectivity index (χ2v) is 22.0. The van der Waals surface area contributed by atoms with Crippen LogP contribution in [0, 0.1) is 0 Å². The van der Waals surface area contributed by atoms with E-state index in [1.54, 1.807) is 22.7 Å². The second kappa shape index (κ2) is 15.1. The summed E-state index contributed by atoms with van der Waals surface area (Å²) in [6.07, 6.45) is 0. The van der Waals surface area contributed by atoms with Crippen LogP contribution in [0.4, 0.5) is 0 Å². The van der Waals surface area contributed by atoms with Gasteiger partial charge in [0.1, 0.15) is 0 Å². The van der Waals surface area contributed by atoms with Gasteiger partial charge in [-0.25, -0.2) is 4.98 Å². The molecule has 0 bridgehead atoms. The third kappa shape index (κ3) is 5.86. The minimum Gasteiger partial charge on any atom is -0.309 e. The standard InChI is InChI=1S/C66H41N5S2/c1-66(2)53-26-10-6-18-41(53)49-36-52-51-35-39(38-30-32-56-50(34-38)42-19-7-11-27-55(42)70(56)40-16-4-3-5-17-40)31-33-57(51)71(58(52)37-54(49)66)65-68-63(47-24-14-22-45-43-20-8-12-28-59(43)72-61(45)47)67-64(69-65)48-25-15-23-46-44-21-9-13-29-60(44)73-62(46)48/h3-37H,1-2H3. The van der Waals surface area contributed by atoms with Crippen molar-refractivity contribution < 1.29 is 0 Å². The Balaban J connectivity index is 0.977. The van der Waals surface area contributed by atoms with Crippen molar-refractivity contribution >= 4 is 107 Å². The molecule has 0 N–H and O–H groups in total. The first-order chi connectivity index (χ1) is 35.9. The van der Waals surface area contributed by atoms with Crippen molar-refractivity contribution in [3.63, 3.8) is 0 Å². The zero-order chi connectivity index (χ0) is 48.1. The number of nitrogens with zero attached hydrogens (tertiary/aromatic N) is 5. The molecule has 0 aliphatic heterocycles. The smallest absolute Gasteiger partial charge is 0.238 e. The van der Waals surface area contributed by atoms with Crippen LogP contribution in [0.2, 0.25) is 0 Å². The van der Waals surface area contributed by atoms with E-state index in [1.807, 2.05) is 0 Å². The van der Waals surface area contributed by atoms with E-state index in [1.165, 1.54) is 84.4 Å². The fourth-order valence-electron chi connectivity index (χ4n) is 12.2. The summed E-state index contributed by atoms with van der Waals surface area (Å²) in [6, 6.07) is 77.6. The van der Waals surface area contributed by atoms with Crippen LogP contribution in [0.15, 0.2) is 212 Å². The highest BCUT2D eigenvalue weighted by molar-refractivity contribution is 7.26. The largest absolute Gasteiger partial charge is 0.309 e. The molecule has 15 aromatic rings. The summed E-state index contributed by atoms with van der Waals surface area (Å²) in [5, 5.41) is 9.66. The van der Waals surface area contributed by atoms with Crippen LogP contribution in [0.1, 0.15) is 25.0 Å². The number of para-hydroxylation sites is 2. The van der Waals surface area contributed by atoms with E-state index >= 15 is 0 Å². The van der Waals surface area contributed by atoms with E-state index in [0.717, 1.165) is 49.7 Å². The Bertz CT molecular complexity index is 4710. The number of fused-ring (bicyclic) bond motifs is 15. The van der Waals surface area contributed by atoms with E-state index in [0.29, 0.717) is 17.6 Å². The number of benzene rings is 10. The van der Waals surface area contributed by atoms with Gasteiger partial charge >= 0.3 is 0 Å². The van der Waals surface area contributed by atoms with Crippen molar-refractivity contribution in [3.05, 3.63) is 223 Å². The third-order valence-corrected chi connectivity index (χ3v) is 18.0. The Hall–Kier alpha value is -8.75. The van der Waals surface area contributed by atoms with Gasteiger partial charge in [-0.15, -0.1) is 22.7 Å². The van der Waals surface area contributed by atoms with Crippen LogP contribution in [-0.2, 0) is 5.41 Å². The van der Waals surface area contributed by atoms with Gasteiger partial charge in [0.05, 0.1) is 22.1 Å². The molecular formula is C66H41N5S2. The van der Waals surface area contributed by atoms with Crippen molar-refractivity contribution in [2.24, 2.45) is 0 Å². The topological polar surface area (TPSA) is 48.5 Å². The molecule has 0 atom stereocenters. The molecule has 0 saturated carbocycles. The summed E-state index contributed by atoms with van der Waals surface area (Å²) in [5.41, 5.74) is 14.9. The van der Waals surface area contributed by atoms with Gasteiger partial charge < -0.3 is 4.57 Å². The molecule has 0 radical (unpaired) electrons. The highest BCUT2D eigenvalue weighted by atomic mass is 32.1. The van der Waals surface area contributed by atoms with Crippen LogP contribution < -0.4 is 0 Å². The summed E-state index contributed by atoms with van der Waals surface area (Å²) < 4.78 is 9.51. The lowest BCUT2D eigenvalue weighted by atomic mass is 9.82. The average molecular weight is 968 g/mol. The van der Waals surface area contributed by atoms with Gasteiger partial charge in [0.25, 0.3) is 0 Å². The van der Waals surface area contributed by atoms with E-state index < -0.39 is 0 Å². The van der Waals surface area contributed by atoms with Crippen molar-refractivity contribution in [1.29, 1.82) is 0 Å². The molecule has 0 spiro atoms. The van der Waals surface area contributed by atoms with E-state index in [2.05, 4.69) is 235 Å². The van der Waals surface area contributed by atoms with Gasteiger partial charge in [0.15, 0.2) is 11.6 Å². The number of aromatic nitrogens is 5. The number of thiophene rings is 2. The molecule has 1 aliphatic carbocycles. The molecule has 5 aromatic heterocycles. The van der Waals surface area contributed by atoms with Gasteiger partial charge in [-0.05, 0) is 112 Å². The quantitative estimate of drug-likeness (QED) is 0.173. The molecule has 0 amide bonds. The Morgan fingerprint density at radius 2 is 0.849 bits per heavy atom. The monoisotopic (exact) mass is 967 g/mol. The first-order valence-electron chi connectivity index (χ1n) is 24.8. The van der Waals surface area contributed by atoms with Crippen LogP contribution in [0.25, 0.3) is 141 Å². The fourth-order valence-corrected chi connectivity index (χ4v) is 14.6. The fraction of sp³-hybridized carbons (Fsp3) is 0.0455. The Morgan fingerprint density at radius 1 is 0.342 bits per heavy atom. The predicted octanol–water partition coefficient (Wildman–Crippen LogP) is 18.1. The zero-order valence-electron chi connectivity index (χ0n) is 39.8. The van der Waals surface area contributed by atoms with Gasteiger partial charge in [-0.2, -0.15) is 9.97 Å². The molecule has 10 aromatic carbocycles. The zero-order valence-corrected chi connectivity index (χ0v) is 41.4. The Kier molecular flexibility index (Phi) is 8.49. The minimum atomic E-state index is -0.218. The Morgan fingerprint density at radius 3 is 1.52 bits per heavy atom. The maximum atomic E-state index is 5.60. The molecule has 16 rings (SSSR count). The van der Waals surface area contributed by atoms with Crippen molar-refractivity contribution in [2.45, 2.75) is 19.3 Å². The summed E-state index contributed by atoms with van der Waals surface area (Å²) in [4.78, 5) is 16.7. The molecule has 73 heavy (non-hydrogen) atoms. The molecule has 0 fully saturated rings. The lowest BCUT2D eigenvalue weighted by Crippen LogP contribution is -2.15. The summed E-state index contributed by atoms with van der Waals surface area (Å²) in [6.45, 7) is 4.71. The van der Waals surface area contributed by atoms with Gasteiger partial charge in [0.2, 0.25) is 5.95 Å². The van der Waals surface area contributed by atoms with Crippen LogP contribution in [0.3, 0.4) is 0 Å². The van der Waals surface area contributed by atoms with Gasteiger partial charge in [-0.1, -0.05) is 147 Å². The molecule has 342 valence electrons. The number of hydrogen-bond acceptors (Lipinski definition) is 5. The van der Waals surface area contributed by atoms with Crippen molar-refractivity contribution in [2.75, 3.05) is 0 Å².